The van der Waals surface area contributed by atoms with Crippen molar-refractivity contribution in [2.75, 3.05) is 0 Å². The maximum absolute atomic E-state index is 4.20. The molecule has 0 amide bonds. The largest absolute Gasteiger partial charge is 0.269 e. The average Bonchev–Trinajstić information content (AvgIpc) is 2.34. The Labute approximate surface area is 68.2 Å². The first kappa shape index (κ1) is 8.31. The van der Waals surface area contributed by atoms with Gasteiger partial charge in [-0.1, -0.05) is 20.8 Å². The van der Waals surface area contributed by atoms with Crippen LogP contribution in [0.4, 0.5) is 0 Å². The van der Waals surface area contributed by atoms with Crippen molar-refractivity contribution in [1.29, 1.82) is 0 Å². The Balaban J connectivity index is 2.78. The third-order valence-electron chi connectivity index (χ3n) is 2.18. The lowest BCUT2D eigenvalue weighted by molar-refractivity contribution is 0.244. The molecule has 0 N–H and O–H groups in total. The number of hydrogen-bond donors (Lipinski definition) is 0. The molecule has 0 aromatic carbocycles. The van der Waals surface area contributed by atoms with E-state index in [-0.39, 0.29) is 5.41 Å². The maximum Gasteiger partial charge on any atom is 0.0539 e. The van der Waals surface area contributed by atoms with Crippen molar-refractivity contribution in [2.45, 2.75) is 33.7 Å². The lowest BCUT2D eigenvalue weighted by Crippen LogP contribution is -2.21. The molecule has 0 aliphatic rings. The summed E-state index contributed by atoms with van der Waals surface area (Å²) >= 11 is 0. The van der Waals surface area contributed by atoms with Gasteiger partial charge >= 0.3 is 0 Å². The summed E-state index contributed by atoms with van der Waals surface area (Å²) in [7, 11) is 0. The van der Waals surface area contributed by atoms with Crippen LogP contribution in [0.3, 0.4) is 0 Å². The van der Waals surface area contributed by atoms with Gasteiger partial charge in [-0.15, -0.1) is 0 Å². The summed E-state index contributed by atoms with van der Waals surface area (Å²) in [5.41, 5.74) is 0.284. The molecule has 2 heteroatoms. The van der Waals surface area contributed by atoms with E-state index in [2.05, 4.69) is 32.8 Å². The summed E-state index contributed by atoms with van der Waals surface area (Å²) in [5.74, 6) is 0. The standard InChI is InChI=1S/C9H16N2/c1-8(9(2,3)4)11-7-5-6-10-11/h5-8H,1-4H3. The molecule has 1 unspecified atom stereocenters. The number of rotatable bonds is 1. The summed E-state index contributed by atoms with van der Waals surface area (Å²) in [6.45, 7) is 8.85. The summed E-state index contributed by atoms with van der Waals surface area (Å²) in [6.07, 6.45) is 3.83. The van der Waals surface area contributed by atoms with Gasteiger partial charge in [0.25, 0.3) is 0 Å². The minimum Gasteiger partial charge on any atom is -0.269 e. The van der Waals surface area contributed by atoms with Gasteiger partial charge < -0.3 is 0 Å². The maximum atomic E-state index is 4.20. The van der Waals surface area contributed by atoms with E-state index in [4.69, 9.17) is 0 Å². The van der Waals surface area contributed by atoms with E-state index in [1.807, 2.05) is 23.1 Å². The van der Waals surface area contributed by atoms with E-state index in [0.29, 0.717) is 6.04 Å². The molecule has 2 nitrogen and oxygen atoms in total. The molecule has 62 valence electrons. The first-order valence-electron chi connectivity index (χ1n) is 4.01. The summed E-state index contributed by atoms with van der Waals surface area (Å²) in [6, 6.07) is 2.42. The average molecular weight is 152 g/mol. The molecular formula is C9H16N2. The molecule has 0 radical (unpaired) electrons. The van der Waals surface area contributed by atoms with Crippen LogP contribution in [-0.2, 0) is 0 Å². The highest BCUT2D eigenvalue weighted by Crippen LogP contribution is 2.28. The van der Waals surface area contributed by atoms with E-state index < -0.39 is 0 Å². The third-order valence-corrected chi connectivity index (χ3v) is 2.18. The second kappa shape index (κ2) is 2.68. The molecule has 0 spiro atoms. The Morgan fingerprint density at radius 2 is 2.00 bits per heavy atom. The fourth-order valence-electron chi connectivity index (χ4n) is 0.907. The van der Waals surface area contributed by atoms with Crippen LogP contribution < -0.4 is 0 Å². The van der Waals surface area contributed by atoms with Gasteiger partial charge in [-0.25, -0.2) is 0 Å². The van der Waals surface area contributed by atoms with Gasteiger partial charge in [-0.3, -0.25) is 4.68 Å². The molecule has 0 saturated carbocycles. The van der Waals surface area contributed by atoms with Crippen molar-refractivity contribution in [3.05, 3.63) is 18.5 Å². The SMILES string of the molecule is CC(n1cccn1)C(C)(C)C. The molecule has 1 rings (SSSR count). The van der Waals surface area contributed by atoms with Gasteiger partial charge in [-0.2, -0.15) is 5.10 Å². The number of nitrogens with zero attached hydrogens (tertiary/aromatic N) is 2. The zero-order valence-electron chi connectivity index (χ0n) is 7.70. The lowest BCUT2D eigenvalue weighted by Gasteiger charge is -2.27. The highest BCUT2D eigenvalue weighted by molar-refractivity contribution is 4.84. The zero-order valence-corrected chi connectivity index (χ0v) is 7.70. The Hall–Kier alpha value is -0.790. The Bertz CT molecular complexity index is 206. The van der Waals surface area contributed by atoms with Crippen LogP contribution in [0.2, 0.25) is 0 Å². The van der Waals surface area contributed by atoms with Crippen molar-refractivity contribution in [1.82, 2.24) is 9.78 Å². The van der Waals surface area contributed by atoms with Crippen LogP contribution >= 0.6 is 0 Å². The highest BCUT2D eigenvalue weighted by Gasteiger charge is 2.21. The number of aromatic nitrogens is 2. The first-order valence-corrected chi connectivity index (χ1v) is 4.01. The fourth-order valence-corrected chi connectivity index (χ4v) is 0.907. The van der Waals surface area contributed by atoms with Crippen LogP contribution in [0.15, 0.2) is 18.5 Å². The van der Waals surface area contributed by atoms with Crippen LogP contribution in [-0.4, -0.2) is 9.78 Å². The van der Waals surface area contributed by atoms with Crippen molar-refractivity contribution in [3.63, 3.8) is 0 Å². The molecular weight excluding hydrogens is 136 g/mol. The summed E-state index contributed by atoms with van der Waals surface area (Å²) in [4.78, 5) is 0. The van der Waals surface area contributed by atoms with Crippen LogP contribution in [0.25, 0.3) is 0 Å². The van der Waals surface area contributed by atoms with Crippen molar-refractivity contribution < 1.29 is 0 Å². The normalized spacial score (nSPS) is 14.9. The Kier molecular flexibility index (Phi) is 2.03. The number of hydrogen-bond acceptors (Lipinski definition) is 1. The minimum atomic E-state index is 0.284. The van der Waals surface area contributed by atoms with Crippen LogP contribution in [0, 0.1) is 5.41 Å². The monoisotopic (exact) mass is 152 g/mol. The van der Waals surface area contributed by atoms with E-state index in [0.717, 1.165) is 0 Å². The quantitative estimate of drug-likeness (QED) is 0.604. The molecule has 0 fully saturated rings. The summed E-state index contributed by atoms with van der Waals surface area (Å²) < 4.78 is 2.00. The minimum absolute atomic E-state index is 0.284. The van der Waals surface area contributed by atoms with Crippen molar-refractivity contribution in [3.8, 4) is 0 Å². The Morgan fingerprint density at radius 3 is 2.36 bits per heavy atom. The van der Waals surface area contributed by atoms with E-state index in [9.17, 15) is 0 Å². The topological polar surface area (TPSA) is 17.8 Å². The second-order valence-corrected chi connectivity index (χ2v) is 4.03. The lowest BCUT2D eigenvalue weighted by atomic mass is 9.88. The third kappa shape index (κ3) is 1.82. The molecule has 1 heterocycles. The van der Waals surface area contributed by atoms with Crippen LogP contribution in [0.5, 0.6) is 0 Å². The first-order chi connectivity index (χ1) is 5.02. The smallest absolute Gasteiger partial charge is 0.0539 e. The van der Waals surface area contributed by atoms with Gasteiger partial charge in [0.2, 0.25) is 0 Å². The van der Waals surface area contributed by atoms with E-state index >= 15 is 0 Å². The molecule has 0 aliphatic carbocycles. The fraction of sp³-hybridized carbons (Fsp3) is 0.667. The van der Waals surface area contributed by atoms with Crippen molar-refractivity contribution in [2.24, 2.45) is 5.41 Å². The van der Waals surface area contributed by atoms with E-state index in [1.54, 1.807) is 0 Å². The van der Waals surface area contributed by atoms with Crippen molar-refractivity contribution >= 4 is 0 Å². The van der Waals surface area contributed by atoms with Crippen LogP contribution in [0.1, 0.15) is 33.7 Å². The van der Waals surface area contributed by atoms with Gasteiger partial charge in [0.1, 0.15) is 0 Å². The molecule has 0 saturated heterocycles. The predicted octanol–water partition coefficient (Wildman–Crippen LogP) is 2.49. The predicted molar refractivity (Wildman–Crippen MR) is 46.4 cm³/mol. The molecule has 11 heavy (non-hydrogen) atoms. The molecule has 1 atom stereocenters. The van der Waals surface area contributed by atoms with Gasteiger partial charge in [0, 0.05) is 12.4 Å². The molecule has 1 aromatic heterocycles. The zero-order chi connectivity index (χ0) is 8.48. The molecule has 0 aliphatic heterocycles. The second-order valence-electron chi connectivity index (χ2n) is 4.03. The van der Waals surface area contributed by atoms with Gasteiger partial charge in [0.15, 0.2) is 0 Å². The van der Waals surface area contributed by atoms with Gasteiger partial charge in [0.05, 0.1) is 6.04 Å². The Morgan fingerprint density at radius 1 is 1.36 bits per heavy atom. The molecule has 1 aromatic rings. The van der Waals surface area contributed by atoms with E-state index in [1.165, 1.54) is 0 Å². The van der Waals surface area contributed by atoms with Gasteiger partial charge in [-0.05, 0) is 18.4 Å². The molecule has 0 bridgehead atoms. The highest BCUT2D eigenvalue weighted by atomic mass is 15.3. The summed E-state index contributed by atoms with van der Waals surface area (Å²) in [5, 5.41) is 4.20.